The monoisotopic (exact) mass is 443 g/mol. The van der Waals surface area contributed by atoms with Crippen LogP contribution < -0.4 is 15.4 Å². The van der Waals surface area contributed by atoms with Gasteiger partial charge in [0.05, 0.1) is 0 Å². The highest BCUT2D eigenvalue weighted by Crippen LogP contribution is 2.21. The average molecular weight is 444 g/mol. The third-order valence-corrected chi connectivity index (χ3v) is 6.42. The van der Waals surface area contributed by atoms with E-state index in [-0.39, 0.29) is 23.9 Å². The lowest BCUT2D eigenvalue weighted by Gasteiger charge is -2.29. The molecule has 2 N–H and O–H groups in total. The number of ether oxygens (including phenoxy) is 1. The van der Waals surface area contributed by atoms with E-state index in [0.29, 0.717) is 24.6 Å². The van der Waals surface area contributed by atoms with Gasteiger partial charge in [-0.15, -0.1) is 11.3 Å². The summed E-state index contributed by atoms with van der Waals surface area (Å²) in [4.78, 5) is 28.7. The van der Waals surface area contributed by atoms with Crippen LogP contribution in [-0.2, 0) is 11.4 Å². The third-order valence-electron chi connectivity index (χ3n) is 5.60. The van der Waals surface area contributed by atoms with Crippen LogP contribution in [0.25, 0.3) is 0 Å². The largest absolute Gasteiger partial charge is 0.486 e. The van der Waals surface area contributed by atoms with E-state index in [2.05, 4.69) is 41.6 Å². The van der Waals surface area contributed by atoms with Crippen LogP contribution in [0.5, 0.6) is 5.75 Å². The van der Waals surface area contributed by atoms with Crippen LogP contribution >= 0.6 is 11.3 Å². The molecular weight excluding hydrogens is 410 g/mol. The SMILES string of the molecule is CCCC(=O)NC1CCC(NC(=O)c2csc(COc3ccc(C(C)C)cc3)n2)CC1. The lowest BCUT2D eigenvalue weighted by atomic mass is 9.91. The Hall–Kier alpha value is -2.41. The number of hydrogen-bond acceptors (Lipinski definition) is 5. The molecule has 1 aliphatic rings. The molecule has 2 aromatic rings. The van der Waals surface area contributed by atoms with E-state index in [9.17, 15) is 9.59 Å². The first-order valence-corrected chi connectivity index (χ1v) is 12.1. The van der Waals surface area contributed by atoms with Gasteiger partial charge in [0.2, 0.25) is 5.91 Å². The first-order chi connectivity index (χ1) is 14.9. The predicted octanol–water partition coefficient (Wildman–Crippen LogP) is 4.80. The molecule has 0 radical (unpaired) electrons. The second-order valence-electron chi connectivity index (χ2n) is 8.48. The zero-order valence-corrected chi connectivity index (χ0v) is 19.5. The summed E-state index contributed by atoms with van der Waals surface area (Å²) in [5.74, 6) is 1.28. The molecule has 168 valence electrons. The molecule has 1 heterocycles. The van der Waals surface area contributed by atoms with Gasteiger partial charge in [-0.1, -0.05) is 32.9 Å². The van der Waals surface area contributed by atoms with E-state index < -0.39 is 0 Å². The highest BCUT2D eigenvalue weighted by Gasteiger charge is 2.24. The van der Waals surface area contributed by atoms with Gasteiger partial charge < -0.3 is 15.4 Å². The maximum Gasteiger partial charge on any atom is 0.270 e. The van der Waals surface area contributed by atoms with Crippen molar-refractivity contribution in [2.45, 2.75) is 83.9 Å². The molecule has 0 aliphatic heterocycles. The molecule has 0 spiro atoms. The maximum absolute atomic E-state index is 12.6. The van der Waals surface area contributed by atoms with E-state index in [1.165, 1.54) is 16.9 Å². The Morgan fingerprint density at radius 2 is 1.74 bits per heavy atom. The quantitative estimate of drug-likeness (QED) is 0.583. The van der Waals surface area contributed by atoms with Gasteiger partial charge in [0, 0.05) is 23.9 Å². The van der Waals surface area contributed by atoms with Crippen molar-refractivity contribution < 1.29 is 14.3 Å². The van der Waals surface area contributed by atoms with Crippen molar-refractivity contribution in [1.82, 2.24) is 15.6 Å². The summed E-state index contributed by atoms with van der Waals surface area (Å²) < 4.78 is 5.81. The zero-order valence-electron chi connectivity index (χ0n) is 18.6. The predicted molar refractivity (Wildman–Crippen MR) is 124 cm³/mol. The van der Waals surface area contributed by atoms with Gasteiger partial charge in [-0.2, -0.15) is 0 Å². The Morgan fingerprint density at radius 1 is 1.10 bits per heavy atom. The minimum absolute atomic E-state index is 0.128. The smallest absolute Gasteiger partial charge is 0.270 e. The first kappa shape index (κ1) is 23.3. The van der Waals surface area contributed by atoms with Crippen LogP contribution in [0.15, 0.2) is 29.6 Å². The van der Waals surface area contributed by atoms with Crippen molar-refractivity contribution in [2.24, 2.45) is 0 Å². The Bertz CT molecular complexity index is 855. The molecule has 6 nitrogen and oxygen atoms in total. The molecule has 1 aliphatic carbocycles. The lowest BCUT2D eigenvalue weighted by molar-refractivity contribution is -0.122. The maximum atomic E-state index is 12.6. The number of amides is 2. The second kappa shape index (κ2) is 11.3. The molecule has 1 aromatic heterocycles. The van der Waals surface area contributed by atoms with Crippen molar-refractivity contribution in [3.63, 3.8) is 0 Å². The van der Waals surface area contributed by atoms with Crippen molar-refractivity contribution in [1.29, 1.82) is 0 Å². The summed E-state index contributed by atoms with van der Waals surface area (Å²) in [5.41, 5.74) is 1.72. The fourth-order valence-electron chi connectivity index (χ4n) is 3.74. The molecular formula is C24H33N3O3S. The Morgan fingerprint density at radius 3 is 2.35 bits per heavy atom. The average Bonchev–Trinajstić information content (AvgIpc) is 3.23. The van der Waals surface area contributed by atoms with Gasteiger partial charge >= 0.3 is 0 Å². The van der Waals surface area contributed by atoms with E-state index in [1.54, 1.807) is 5.38 Å². The molecule has 1 saturated carbocycles. The number of benzene rings is 1. The normalized spacial score (nSPS) is 18.6. The van der Waals surface area contributed by atoms with Crippen molar-refractivity contribution in [3.05, 3.63) is 45.9 Å². The lowest BCUT2D eigenvalue weighted by Crippen LogP contribution is -2.43. The molecule has 1 aromatic carbocycles. The van der Waals surface area contributed by atoms with Gasteiger partial charge in [-0.25, -0.2) is 4.98 Å². The van der Waals surface area contributed by atoms with Gasteiger partial charge in [0.15, 0.2) is 0 Å². The van der Waals surface area contributed by atoms with Crippen LogP contribution in [0.2, 0.25) is 0 Å². The highest BCUT2D eigenvalue weighted by atomic mass is 32.1. The highest BCUT2D eigenvalue weighted by molar-refractivity contribution is 7.09. The standard InChI is InChI=1S/C24H33N3O3S/c1-4-5-22(28)25-18-8-10-19(11-9-18)26-24(29)21-15-31-23(27-21)14-30-20-12-6-17(7-13-20)16(2)3/h6-7,12-13,15-16,18-19H,4-5,8-11,14H2,1-3H3,(H,25,28)(H,26,29). The van der Waals surface area contributed by atoms with Crippen molar-refractivity contribution in [2.75, 3.05) is 0 Å². The number of carbonyl (C=O) groups excluding carboxylic acids is 2. The topological polar surface area (TPSA) is 80.3 Å². The first-order valence-electron chi connectivity index (χ1n) is 11.2. The summed E-state index contributed by atoms with van der Waals surface area (Å²) in [5, 5.41) is 8.74. The van der Waals surface area contributed by atoms with E-state index in [0.717, 1.165) is 42.9 Å². The Balaban J connectivity index is 1.42. The number of rotatable bonds is 9. The number of nitrogens with zero attached hydrogens (tertiary/aromatic N) is 1. The van der Waals surface area contributed by atoms with Crippen molar-refractivity contribution >= 4 is 23.2 Å². The van der Waals surface area contributed by atoms with Crippen LogP contribution in [-0.4, -0.2) is 28.9 Å². The summed E-state index contributed by atoms with van der Waals surface area (Å²) >= 11 is 1.43. The van der Waals surface area contributed by atoms with Crippen LogP contribution in [0.4, 0.5) is 0 Å². The molecule has 0 unspecified atom stereocenters. The summed E-state index contributed by atoms with van der Waals surface area (Å²) in [7, 11) is 0. The number of carbonyl (C=O) groups is 2. The number of nitrogens with one attached hydrogen (secondary N) is 2. The number of hydrogen-bond donors (Lipinski definition) is 2. The van der Waals surface area contributed by atoms with Gasteiger partial charge in [-0.3, -0.25) is 9.59 Å². The Labute approximate surface area is 188 Å². The summed E-state index contributed by atoms with van der Waals surface area (Å²) in [6.45, 7) is 6.68. The van der Waals surface area contributed by atoms with Gasteiger partial charge in [-0.05, 0) is 55.7 Å². The van der Waals surface area contributed by atoms with Crippen LogP contribution in [0.3, 0.4) is 0 Å². The Kier molecular flexibility index (Phi) is 8.46. The van der Waals surface area contributed by atoms with Gasteiger partial charge in [0.1, 0.15) is 23.1 Å². The summed E-state index contributed by atoms with van der Waals surface area (Å²) in [6.07, 6.45) is 4.97. The molecule has 3 rings (SSSR count). The van der Waals surface area contributed by atoms with Crippen LogP contribution in [0, 0.1) is 0 Å². The van der Waals surface area contributed by atoms with E-state index in [1.807, 2.05) is 19.1 Å². The molecule has 0 saturated heterocycles. The second-order valence-corrected chi connectivity index (χ2v) is 9.42. The molecule has 31 heavy (non-hydrogen) atoms. The minimum Gasteiger partial charge on any atom is -0.486 e. The third kappa shape index (κ3) is 7.06. The molecule has 0 bridgehead atoms. The molecule has 0 atom stereocenters. The van der Waals surface area contributed by atoms with E-state index in [4.69, 9.17) is 4.74 Å². The molecule has 1 fully saturated rings. The number of thiazole rings is 1. The molecule has 7 heteroatoms. The fourth-order valence-corrected chi connectivity index (χ4v) is 4.43. The van der Waals surface area contributed by atoms with E-state index >= 15 is 0 Å². The summed E-state index contributed by atoms with van der Waals surface area (Å²) in [6, 6.07) is 8.45. The fraction of sp³-hybridized carbons (Fsp3) is 0.542. The number of aromatic nitrogens is 1. The minimum atomic E-state index is -0.137. The van der Waals surface area contributed by atoms with Crippen LogP contribution in [0.1, 0.15) is 86.3 Å². The van der Waals surface area contributed by atoms with Gasteiger partial charge in [0.25, 0.3) is 5.91 Å². The zero-order chi connectivity index (χ0) is 22.2. The van der Waals surface area contributed by atoms with Crippen molar-refractivity contribution in [3.8, 4) is 5.75 Å². The molecule has 2 amide bonds.